The summed E-state index contributed by atoms with van der Waals surface area (Å²) in [5.74, 6) is 1.38. The van der Waals surface area contributed by atoms with Crippen LogP contribution in [0.15, 0.2) is 47.1 Å². The van der Waals surface area contributed by atoms with E-state index >= 15 is 0 Å². The van der Waals surface area contributed by atoms with E-state index in [0.717, 1.165) is 45.8 Å². The van der Waals surface area contributed by atoms with E-state index < -0.39 is 0 Å². The number of rotatable bonds is 7. The fourth-order valence-electron chi connectivity index (χ4n) is 3.24. The van der Waals surface area contributed by atoms with E-state index in [1.165, 1.54) is 4.90 Å². The fraction of sp³-hybridized carbons (Fsp3) is 0.318. The number of thioether (sulfide) groups is 1. The van der Waals surface area contributed by atoms with Gasteiger partial charge in [0.2, 0.25) is 0 Å². The topological polar surface area (TPSA) is 60.6 Å². The van der Waals surface area contributed by atoms with Crippen LogP contribution in [0.25, 0.3) is 16.9 Å². The van der Waals surface area contributed by atoms with Gasteiger partial charge >= 0.3 is 0 Å². The molecule has 0 atom stereocenters. The van der Waals surface area contributed by atoms with Crippen LogP contribution in [-0.2, 0) is 6.54 Å². The van der Waals surface area contributed by atoms with Crippen molar-refractivity contribution in [3.63, 3.8) is 0 Å². The number of aromatic nitrogens is 5. The summed E-state index contributed by atoms with van der Waals surface area (Å²) in [5, 5.41) is 11.1. The monoisotopic (exact) mass is 438 g/mol. The highest BCUT2D eigenvalue weighted by atomic mass is 32.2. The van der Waals surface area contributed by atoms with Crippen molar-refractivity contribution in [3.8, 4) is 16.9 Å². The third-order valence-corrected chi connectivity index (χ3v) is 6.42. The molecule has 1 aromatic carbocycles. The van der Waals surface area contributed by atoms with Crippen LogP contribution in [0.3, 0.4) is 0 Å². The van der Waals surface area contributed by atoms with Crippen LogP contribution in [0, 0.1) is 6.92 Å². The summed E-state index contributed by atoms with van der Waals surface area (Å²) in [6.45, 7) is 9.24. The van der Waals surface area contributed by atoms with Gasteiger partial charge < -0.3 is 9.88 Å². The molecule has 0 aliphatic rings. The van der Waals surface area contributed by atoms with Gasteiger partial charge in [-0.15, -0.1) is 23.1 Å². The van der Waals surface area contributed by atoms with Crippen molar-refractivity contribution in [2.24, 2.45) is 0 Å². The normalized spacial score (nSPS) is 11.4. The summed E-state index contributed by atoms with van der Waals surface area (Å²) in [4.78, 5) is 10.4. The van der Waals surface area contributed by atoms with Gasteiger partial charge in [0.15, 0.2) is 5.13 Å². The molecule has 6 nitrogen and oxygen atoms in total. The zero-order valence-electron chi connectivity index (χ0n) is 17.9. The van der Waals surface area contributed by atoms with E-state index in [2.05, 4.69) is 76.6 Å². The quantitative estimate of drug-likeness (QED) is 0.353. The molecule has 0 unspecified atom stereocenters. The Kier molecular flexibility index (Phi) is 5.97. The number of nitrogens with one attached hydrogen (secondary N) is 1. The van der Waals surface area contributed by atoms with Gasteiger partial charge in [-0.2, -0.15) is 5.10 Å². The lowest BCUT2D eigenvalue weighted by atomic mass is 10.1. The lowest BCUT2D eigenvalue weighted by Crippen LogP contribution is -2.03. The summed E-state index contributed by atoms with van der Waals surface area (Å²) in [5.41, 5.74) is 5.31. The second-order valence-corrected chi connectivity index (χ2v) is 9.10. The molecule has 8 heteroatoms. The maximum Gasteiger partial charge on any atom is 0.188 e. The number of aryl methyl sites for hydroxylation is 2. The molecule has 1 N–H and O–H groups in total. The predicted octanol–water partition coefficient (Wildman–Crippen LogP) is 6.11. The van der Waals surface area contributed by atoms with Crippen molar-refractivity contribution in [2.75, 3.05) is 11.6 Å². The average molecular weight is 439 g/mol. The van der Waals surface area contributed by atoms with Gasteiger partial charge in [-0.05, 0) is 38.2 Å². The van der Waals surface area contributed by atoms with E-state index in [0.29, 0.717) is 5.92 Å². The van der Waals surface area contributed by atoms with Crippen LogP contribution < -0.4 is 5.32 Å². The minimum Gasteiger partial charge on any atom is -0.316 e. The second kappa shape index (κ2) is 8.65. The Hall–Kier alpha value is -2.58. The van der Waals surface area contributed by atoms with Crippen molar-refractivity contribution in [2.45, 2.75) is 45.1 Å². The van der Waals surface area contributed by atoms with Gasteiger partial charge in [0.25, 0.3) is 0 Å². The number of imidazole rings is 1. The van der Waals surface area contributed by atoms with Gasteiger partial charge in [0.05, 0.1) is 29.1 Å². The number of hydrogen-bond acceptors (Lipinski definition) is 6. The zero-order chi connectivity index (χ0) is 21.3. The summed E-state index contributed by atoms with van der Waals surface area (Å²) in [6.07, 6.45) is 6.00. The Balaban J connectivity index is 1.60. The summed E-state index contributed by atoms with van der Waals surface area (Å²) >= 11 is 3.34. The second-order valence-electron chi connectivity index (χ2n) is 7.40. The molecule has 0 fully saturated rings. The molecule has 0 bridgehead atoms. The van der Waals surface area contributed by atoms with E-state index in [9.17, 15) is 0 Å². The molecule has 4 aromatic rings. The van der Waals surface area contributed by atoms with Crippen LogP contribution >= 0.6 is 23.1 Å². The fourth-order valence-corrected chi connectivity index (χ4v) is 4.59. The Morgan fingerprint density at radius 3 is 2.73 bits per heavy atom. The first-order chi connectivity index (χ1) is 14.5. The van der Waals surface area contributed by atoms with Crippen molar-refractivity contribution in [1.29, 1.82) is 0 Å². The van der Waals surface area contributed by atoms with Crippen molar-refractivity contribution in [3.05, 3.63) is 53.6 Å². The van der Waals surface area contributed by atoms with Crippen molar-refractivity contribution < 1.29 is 0 Å². The Morgan fingerprint density at radius 2 is 2.07 bits per heavy atom. The SMILES string of the molecule is CCn1nc(C(C)C)cc1Nc1nc(-c2ccc(-n3cnc(C)c3)c(SC)c2)cs1. The minimum atomic E-state index is 0.396. The van der Waals surface area contributed by atoms with E-state index in [4.69, 9.17) is 4.98 Å². The number of nitrogens with zero attached hydrogens (tertiary/aromatic N) is 5. The molecule has 0 saturated heterocycles. The van der Waals surface area contributed by atoms with Gasteiger partial charge in [0, 0.05) is 34.6 Å². The predicted molar refractivity (Wildman–Crippen MR) is 126 cm³/mol. The van der Waals surface area contributed by atoms with Crippen molar-refractivity contribution >= 4 is 34.0 Å². The largest absolute Gasteiger partial charge is 0.316 e. The molecule has 0 amide bonds. The molecule has 0 radical (unpaired) electrons. The molecular formula is C22H26N6S2. The molecule has 0 aliphatic carbocycles. The molecule has 0 saturated carbocycles. The highest BCUT2D eigenvalue weighted by Crippen LogP contribution is 2.33. The Morgan fingerprint density at radius 1 is 1.23 bits per heavy atom. The summed E-state index contributed by atoms with van der Waals surface area (Å²) in [6, 6.07) is 8.57. The minimum absolute atomic E-state index is 0.396. The smallest absolute Gasteiger partial charge is 0.188 e. The number of hydrogen-bond donors (Lipinski definition) is 1. The van der Waals surface area contributed by atoms with Crippen molar-refractivity contribution in [1.82, 2.24) is 24.3 Å². The van der Waals surface area contributed by atoms with Gasteiger partial charge in [-0.1, -0.05) is 19.9 Å². The first-order valence-electron chi connectivity index (χ1n) is 9.98. The zero-order valence-corrected chi connectivity index (χ0v) is 19.5. The van der Waals surface area contributed by atoms with Gasteiger partial charge in [-0.3, -0.25) is 0 Å². The van der Waals surface area contributed by atoms with Crippen LogP contribution in [0.2, 0.25) is 0 Å². The first-order valence-corrected chi connectivity index (χ1v) is 12.1. The molecule has 3 heterocycles. The number of thiazole rings is 1. The summed E-state index contributed by atoms with van der Waals surface area (Å²) in [7, 11) is 0. The molecule has 3 aromatic heterocycles. The van der Waals surface area contributed by atoms with Gasteiger partial charge in [-0.25, -0.2) is 14.6 Å². The molecule has 0 spiro atoms. The molecule has 4 rings (SSSR count). The maximum absolute atomic E-state index is 4.83. The van der Waals surface area contributed by atoms with E-state index in [1.807, 2.05) is 24.1 Å². The van der Waals surface area contributed by atoms with Crippen LogP contribution in [0.1, 0.15) is 38.1 Å². The third-order valence-electron chi connectivity index (χ3n) is 4.89. The van der Waals surface area contributed by atoms with Crippen LogP contribution in [-0.4, -0.2) is 30.6 Å². The van der Waals surface area contributed by atoms with E-state index in [1.54, 1.807) is 23.1 Å². The highest BCUT2D eigenvalue weighted by Gasteiger charge is 2.13. The molecule has 30 heavy (non-hydrogen) atoms. The maximum atomic E-state index is 4.83. The lowest BCUT2D eigenvalue weighted by Gasteiger charge is -2.10. The molecular weight excluding hydrogens is 412 g/mol. The highest BCUT2D eigenvalue weighted by molar-refractivity contribution is 7.98. The lowest BCUT2D eigenvalue weighted by molar-refractivity contribution is 0.642. The summed E-state index contributed by atoms with van der Waals surface area (Å²) < 4.78 is 4.06. The van der Waals surface area contributed by atoms with E-state index in [-0.39, 0.29) is 0 Å². The Bertz CT molecular complexity index is 1150. The average Bonchev–Trinajstić information content (AvgIpc) is 3.47. The first kappa shape index (κ1) is 20.7. The molecule has 0 aliphatic heterocycles. The number of anilines is 2. The van der Waals surface area contributed by atoms with Gasteiger partial charge in [0.1, 0.15) is 5.82 Å². The Labute approximate surface area is 185 Å². The molecule has 156 valence electrons. The number of benzene rings is 1. The van der Waals surface area contributed by atoms with Crippen LogP contribution in [0.4, 0.5) is 10.9 Å². The standard InChI is InChI=1S/C22H26N6S2/c1-6-28-21(10-17(26-28)14(2)3)25-22-24-18(12-30-22)16-7-8-19(20(9-16)29-5)27-11-15(4)23-13-27/h7-14H,6H2,1-5H3,(H,24,25). The third kappa shape index (κ3) is 4.15. The van der Waals surface area contributed by atoms with Crippen LogP contribution in [0.5, 0.6) is 0 Å².